The molecular formula is C19H28ClF3N2O2. The van der Waals surface area contributed by atoms with Crippen LogP contribution in [0.25, 0.3) is 0 Å². The van der Waals surface area contributed by atoms with Crippen molar-refractivity contribution in [2.75, 3.05) is 33.4 Å². The summed E-state index contributed by atoms with van der Waals surface area (Å²) in [6.45, 7) is 4.65. The van der Waals surface area contributed by atoms with Gasteiger partial charge in [-0.05, 0) is 43.5 Å². The highest BCUT2D eigenvalue weighted by Gasteiger charge is 2.33. The van der Waals surface area contributed by atoms with Crippen molar-refractivity contribution in [3.05, 3.63) is 35.4 Å². The summed E-state index contributed by atoms with van der Waals surface area (Å²) in [5, 5.41) is 6.25. The molecule has 1 aromatic carbocycles. The molecule has 1 aliphatic rings. The zero-order valence-electron chi connectivity index (χ0n) is 15.7. The molecule has 1 saturated heterocycles. The van der Waals surface area contributed by atoms with Crippen LogP contribution in [-0.4, -0.2) is 39.3 Å². The number of nitrogens with one attached hydrogen (secondary N) is 2. The summed E-state index contributed by atoms with van der Waals surface area (Å²) >= 11 is 0. The van der Waals surface area contributed by atoms with E-state index in [1.54, 1.807) is 20.1 Å². The fourth-order valence-electron chi connectivity index (χ4n) is 3.41. The first kappa shape index (κ1) is 23.7. The summed E-state index contributed by atoms with van der Waals surface area (Å²) < 4.78 is 43.8. The van der Waals surface area contributed by atoms with Crippen molar-refractivity contribution >= 4 is 18.3 Å². The minimum atomic E-state index is -4.38. The van der Waals surface area contributed by atoms with Crippen LogP contribution in [0.1, 0.15) is 43.2 Å². The number of hydrogen-bond acceptors (Lipinski definition) is 3. The van der Waals surface area contributed by atoms with E-state index in [4.69, 9.17) is 4.74 Å². The molecule has 27 heavy (non-hydrogen) atoms. The summed E-state index contributed by atoms with van der Waals surface area (Å²) in [6.07, 6.45) is -2.38. The molecule has 0 spiro atoms. The molecule has 2 rings (SSSR count). The Balaban J connectivity index is 0.00000364. The van der Waals surface area contributed by atoms with E-state index in [-0.39, 0.29) is 36.1 Å². The second-order valence-corrected chi connectivity index (χ2v) is 7.19. The van der Waals surface area contributed by atoms with Crippen LogP contribution in [0.15, 0.2) is 24.3 Å². The lowest BCUT2D eigenvalue weighted by molar-refractivity contribution is -0.137. The summed E-state index contributed by atoms with van der Waals surface area (Å²) in [5.74, 6) is -0.437. The number of methoxy groups -OCH3 is 1. The molecule has 1 unspecified atom stereocenters. The quantitative estimate of drug-likeness (QED) is 0.722. The van der Waals surface area contributed by atoms with E-state index in [1.807, 2.05) is 0 Å². The predicted molar refractivity (Wildman–Crippen MR) is 101 cm³/mol. The molecule has 154 valence electrons. The van der Waals surface area contributed by atoms with Crippen molar-refractivity contribution in [2.45, 2.75) is 38.3 Å². The zero-order chi connectivity index (χ0) is 19.2. The van der Waals surface area contributed by atoms with E-state index < -0.39 is 11.7 Å². The largest absolute Gasteiger partial charge is 0.416 e. The third kappa shape index (κ3) is 6.97. The van der Waals surface area contributed by atoms with Crippen LogP contribution in [0, 0.1) is 5.41 Å². The number of benzene rings is 1. The highest BCUT2D eigenvalue weighted by atomic mass is 35.5. The smallest absolute Gasteiger partial charge is 0.384 e. The molecule has 1 aliphatic heterocycles. The summed E-state index contributed by atoms with van der Waals surface area (Å²) in [4.78, 5) is 12.3. The van der Waals surface area contributed by atoms with Gasteiger partial charge in [-0.3, -0.25) is 4.79 Å². The van der Waals surface area contributed by atoms with Crippen LogP contribution in [0.3, 0.4) is 0 Å². The maximum Gasteiger partial charge on any atom is 0.416 e. The lowest BCUT2D eigenvalue weighted by atomic mass is 9.79. The normalized spacial score (nSPS) is 17.7. The standard InChI is InChI=1S/C19H27F3N2O2.ClH/c1-14(15-4-3-5-16(11-15)19(20,21)22)10-17(25)24-12-18(13-26-2)6-8-23-9-7-18;/h3-5,11,14,23H,6-10,12-13H2,1-2H3,(H,24,25);1H. The number of halogens is 4. The van der Waals surface area contributed by atoms with Crippen LogP contribution in [0.2, 0.25) is 0 Å². The predicted octanol–water partition coefficient (Wildman–Crippen LogP) is 3.75. The number of alkyl halides is 3. The minimum absolute atomic E-state index is 0. The van der Waals surface area contributed by atoms with Gasteiger partial charge in [0.15, 0.2) is 0 Å². The van der Waals surface area contributed by atoms with Crippen molar-refractivity contribution in [3.8, 4) is 0 Å². The Bertz CT molecular complexity index is 599. The Morgan fingerprint density at radius 1 is 1.33 bits per heavy atom. The third-order valence-electron chi connectivity index (χ3n) is 5.05. The van der Waals surface area contributed by atoms with E-state index in [9.17, 15) is 18.0 Å². The number of amides is 1. The van der Waals surface area contributed by atoms with Crippen LogP contribution in [0.4, 0.5) is 13.2 Å². The number of ether oxygens (including phenoxy) is 1. The lowest BCUT2D eigenvalue weighted by Crippen LogP contribution is -2.47. The summed E-state index contributed by atoms with van der Waals surface area (Å²) in [7, 11) is 1.65. The lowest BCUT2D eigenvalue weighted by Gasteiger charge is -2.37. The Morgan fingerprint density at radius 2 is 2.00 bits per heavy atom. The first-order chi connectivity index (χ1) is 12.3. The number of rotatable bonds is 7. The van der Waals surface area contributed by atoms with Gasteiger partial charge in [-0.1, -0.05) is 25.1 Å². The van der Waals surface area contributed by atoms with Gasteiger partial charge < -0.3 is 15.4 Å². The Hall–Kier alpha value is -1.31. The molecule has 0 aromatic heterocycles. The molecule has 1 fully saturated rings. The Kier molecular flexibility index (Phi) is 9.05. The van der Waals surface area contributed by atoms with Crippen molar-refractivity contribution in [1.29, 1.82) is 0 Å². The van der Waals surface area contributed by atoms with E-state index in [1.165, 1.54) is 6.07 Å². The number of hydrogen-bond donors (Lipinski definition) is 2. The van der Waals surface area contributed by atoms with E-state index >= 15 is 0 Å². The van der Waals surface area contributed by atoms with Crippen molar-refractivity contribution in [2.24, 2.45) is 5.41 Å². The van der Waals surface area contributed by atoms with Gasteiger partial charge in [0.25, 0.3) is 0 Å². The highest BCUT2D eigenvalue weighted by molar-refractivity contribution is 5.85. The second kappa shape index (κ2) is 10.3. The van der Waals surface area contributed by atoms with Gasteiger partial charge in [-0.2, -0.15) is 13.2 Å². The van der Waals surface area contributed by atoms with Gasteiger partial charge in [0.05, 0.1) is 12.2 Å². The van der Waals surface area contributed by atoms with Crippen LogP contribution < -0.4 is 10.6 Å². The number of carbonyl (C=O) groups is 1. The number of piperidine rings is 1. The van der Waals surface area contributed by atoms with Gasteiger partial charge in [-0.25, -0.2) is 0 Å². The molecule has 4 nitrogen and oxygen atoms in total. The topological polar surface area (TPSA) is 50.4 Å². The van der Waals surface area contributed by atoms with Gasteiger partial charge in [0.1, 0.15) is 0 Å². The number of carbonyl (C=O) groups excluding carboxylic acids is 1. The molecule has 0 aliphatic carbocycles. The van der Waals surface area contributed by atoms with Crippen LogP contribution >= 0.6 is 12.4 Å². The molecule has 0 bridgehead atoms. The van der Waals surface area contributed by atoms with Gasteiger partial charge in [0, 0.05) is 25.5 Å². The molecule has 1 atom stereocenters. The Labute approximate surface area is 164 Å². The maximum atomic E-state index is 12.8. The fraction of sp³-hybridized carbons (Fsp3) is 0.632. The average molecular weight is 409 g/mol. The minimum Gasteiger partial charge on any atom is -0.384 e. The summed E-state index contributed by atoms with van der Waals surface area (Å²) in [5.41, 5.74) is -0.241. The van der Waals surface area contributed by atoms with Gasteiger partial charge >= 0.3 is 6.18 Å². The monoisotopic (exact) mass is 408 g/mol. The van der Waals surface area contributed by atoms with Crippen LogP contribution in [-0.2, 0) is 15.7 Å². The Morgan fingerprint density at radius 3 is 2.59 bits per heavy atom. The van der Waals surface area contributed by atoms with Gasteiger partial charge in [-0.15, -0.1) is 12.4 Å². The van der Waals surface area contributed by atoms with Gasteiger partial charge in [0.2, 0.25) is 5.91 Å². The zero-order valence-corrected chi connectivity index (χ0v) is 16.5. The third-order valence-corrected chi connectivity index (χ3v) is 5.05. The SMILES string of the molecule is COCC1(CNC(=O)CC(C)c2cccc(C(F)(F)F)c2)CCNCC1.Cl. The molecule has 8 heteroatoms. The molecule has 0 saturated carbocycles. The average Bonchev–Trinajstić information content (AvgIpc) is 2.60. The molecule has 2 N–H and O–H groups in total. The van der Waals surface area contributed by atoms with Crippen molar-refractivity contribution in [1.82, 2.24) is 10.6 Å². The first-order valence-electron chi connectivity index (χ1n) is 8.89. The first-order valence-corrected chi connectivity index (χ1v) is 8.89. The highest BCUT2D eigenvalue weighted by Crippen LogP contribution is 2.32. The molecule has 1 heterocycles. The summed E-state index contributed by atoms with van der Waals surface area (Å²) in [6, 6.07) is 5.18. The van der Waals surface area contributed by atoms with Crippen molar-refractivity contribution in [3.63, 3.8) is 0 Å². The molecular weight excluding hydrogens is 381 g/mol. The maximum absolute atomic E-state index is 12.8. The molecule has 1 amide bonds. The van der Waals surface area contributed by atoms with E-state index in [2.05, 4.69) is 10.6 Å². The van der Waals surface area contributed by atoms with E-state index in [0.717, 1.165) is 38.1 Å². The van der Waals surface area contributed by atoms with E-state index in [0.29, 0.717) is 18.7 Å². The molecule has 0 radical (unpaired) electrons. The molecule has 1 aromatic rings. The van der Waals surface area contributed by atoms with Crippen molar-refractivity contribution < 1.29 is 22.7 Å². The fourth-order valence-corrected chi connectivity index (χ4v) is 3.41. The van der Waals surface area contributed by atoms with Crippen LogP contribution in [0.5, 0.6) is 0 Å². The second-order valence-electron chi connectivity index (χ2n) is 7.19.